The molecule has 0 saturated heterocycles. The first-order valence-electron chi connectivity index (χ1n) is 2.94. The molecule has 0 aromatic heterocycles. The first-order valence-corrected chi connectivity index (χ1v) is 2.94. The zero-order valence-corrected chi connectivity index (χ0v) is 8.68. The van der Waals surface area contributed by atoms with E-state index in [1.54, 1.807) is 0 Å². The number of carbonyl (C=O) groups is 3. The summed E-state index contributed by atoms with van der Waals surface area (Å²) in [5, 5.41) is 0. The molecule has 0 unspecified atom stereocenters. The second kappa shape index (κ2) is 30.7. The average molecular weight is 221 g/mol. The first-order chi connectivity index (χ1) is 5.89. The van der Waals surface area contributed by atoms with Gasteiger partial charge in [-0.3, -0.25) is 0 Å². The van der Waals surface area contributed by atoms with Crippen LogP contribution in [0, 0.1) is 6.92 Å². The average Bonchev–Trinajstić information content (AvgIpc) is 2.66. The summed E-state index contributed by atoms with van der Waals surface area (Å²) in [5.41, 5.74) is 1.22. The van der Waals surface area contributed by atoms with Crippen LogP contribution in [0.25, 0.3) is 0 Å². The Balaban J connectivity index is -0.0000000508. The molecule has 0 aliphatic heterocycles. The Hall–Kier alpha value is -1.11. The maximum atomic E-state index is 8.00. The van der Waals surface area contributed by atoms with Crippen LogP contribution in [0.3, 0.4) is 0 Å². The predicted molar refractivity (Wildman–Crippen MR) is 48.6 cm³/mol. The van der Waals surface area contributed by atoms with Gasteiger partial charge in [0.2, 0.25) is 0 Å². The quantitative estimate of drug-likeness (QED) is 0.576. The standard InChI is InChI=1S/C6H7.3CH2O.Cr/c1-6-4-2-3-5-6;3*1-2;/h2-4H,1,5H2;3*1H2;/q-1;;;;. The van der Waals surface area contributed by atoms with Crippen molar-refractivity contribution >= 4 is 20.4 Å². The van der Waals surface area contributed by atoms with Gasteiger partial charge in [-0.1, -0.05) is 0 Å². The molecule has 0 N–H and O–H groups in total. The van der Waals surface area contributed by atoms with Crippen LogP contribution in [-0.2, 0) is 31.7 Å². The normalized spacial score (nSPS) is 9.38. The van der Waals surface area contributed by atoms with E-state index < -0.39 is 0 Å². The SMILES string of the molecule is C=O.C=O.C=O.[CH2-]C1=CC=CC1.[Cr]. The summed E-state index contributed by atoms with van der Waals surface area (Å²) < 4.78 is 0. The van der Waals surface area contributed by atoms with Crippen molar-refractivity contribution in [3.8, 4) is 0 Å². The smallest absolute Gasteiger partial charge is 0.106 e. The second-order valence-corrected chi connectivity index (χ2v) is 1.46. The van der Waals surface area contributed by atoms with Gasteiger partial charge in [0.15, 0.2) is 0 Å². The molecule has 1 aliphatic rings. The van der Waals surface area contributed by atoms with E-state index in [2.05, 4.69) is 13.0 Å². The molecule has 0 heterocycles. The monoisotopic (exact) mass is 221 g/mol. The summed E-state index contributed by atoms with van der Waals surface area (Å²) in [7, 11) is 0. The van der Waals surface area contributed by atoms with Crippen LogP contribution >= 0.6 is 0 Å². The molecule has 1 aliphatic carbocycles. The Labute approximate surface area is 89.6 Å². The van der Waals surface area contributed by atoms with Gasteiger partial charge in [-0.25, -0.2) is 18.6 Å². The molecule has 0 radical (unpaired) electrons. The van der Waals surface area contributed by atoms with E-state index in [1.807, 2.05) is 32.5 Å². The summed E-state index contributed by atoms with van der Waals surface area (Å²) in [4.78, 5) is 24.0. The van der Waals surface area contributed by atoms with Crippen molar-refractivity contribution in [2.24, 2.45) is 0 Å². The zero-order chi connectivity index (χ0) is 10.4. The van der Waals surface area contributed by atoms with E-state index in [9.17, 15) is 0 Å². The van der Waals surface area contributed by atoms with E-state index in [4.69, 9.17) is 14.4 Å². The molecular weight excluding hydrogens is 208 g/mol. The fourth-order valence-corrected chi connectivity index (χ4v) is 0.492. The molecule has 0 spiro atoms. The van der Waals surface area contributed by atoms with Gasteiger partial charge in [0.25, 0.3) is 0 Å². The molecular formula is C9H13CrO3-. The molecule has 0 bridgehead atoms. The van der Waals surface area contributed by atoms with Gasteiger partial charge < -0.3 is 14.4 Å². The predicted octanol–water partition coefficient (Wildman–Crippen LogP) is 1.15. The molecule has 0 atom stereocenters. The van der Waals surface area contributed by atoms with Crippen molar-refractivity contribution in [2.75, 3.05) is 0 Å². The fourth-order valence-electron chi connectivity index (χ4n) is 0.492. The molecule has 0 fully saturated rings. The Bertz CT molecular complexity index is 139. The van der Waals surface area contributed by atoms with Crippen molar-refractivity contribution in [3.63, 3.8) is 0 Å². The fraction of sp³-hybridized carbons (Fsp3) is 0.111. The molecule has 0 saturated carbocycles. The van der Waals surface area contributed by atoms with Crippen LogP contribution < -0.4 is 0 Å². The summed E-state index contributed by atoms with van der Waals surface area (Å²) in [6, 6.07) is 0. The van der Waals surface area contributed by atoms with Gasteiger partial charge >= 0.3 is 0 Å². The number of allylic oxidation sites excluding steroid dienone is 4. The van der Waals surface area contributed by atoms with Gasteiger partial charge in [-0.2, -0.15) is 0 Å². The van der Waals surface area contributed by atoms with Crippen molar-refractivity contribution in [1.82, 2.24) is 0 Å². The number of hydrogen-bond donors (Lipinski definition) is 0. The van der Waals surface area contributed by atoms with Crippen molar-refractivity contribution in [2.45, 2.75) is 6.42 Å². The third-order valence-corrected chi connectivity index (χ3v) is 0.848. The van der Waals surface area contributed by atoms with Gasteiger partial charge in [0, 0.05) is 17.4 Å². The third kappa shape index (κ3) is 24.8. The summed E-state index contributed by atoms with van der Waals surface area (Å²) >= 11 is 0. The van der Waals surface area contributed by atoms with E-state index in [-0.39, 0.29) is 17.4 Å². The van der Waals surface area contributed by atoms with Crippen LogP contribution in [-0.4, -0.2) is 20.4 Å². The maximum absolute atomic E-state index is 8.00. The number of rotatable bonds is 0. The summed E-state index contributed by atoms with van der Waals surface area (Å²) in [6.07, 6.45) is 7.21. The van der Waals surface area contributed by atoms with Crippen LogP contribution in [0.15, 0.2) is 23.8 Å². The number of hydrogen-bond acceptors (Lipinski definition) is 3. The minimum absolute atomic E-state index is 0. The van der Waals surface area contributed by atoms with E-state index in [0.29, 0.717) is 0 Å². The van der Waals surface area contributed by atoms with Crippen LogP contribution in [0.2, 0.25) is 0 Å². The molecule has 4 heteroatoms. The minimum Gasteiger partial charge on any atom is -0.307 e. The molecule has 0 amide bonds. The van der Waals surface area contributed by atoms with Gasteiger partial charge in [0.1, 0.15) is 20.4 Å². The molecule has 0 aromatic rings. The molecule has 13 heavy (non-hydrogen) atoms. The van der Waals surface area contributed by atoms with Crippen molar-refractivity contribution in [3.05, 3.63) is 30.7 Å². The van der Waals surface area contributed by atoms with Gasteiger partial charge in [-0.05, 0) is 6.42 Å². The Morgan fingerprint density at radius 1 is 1.08 bits per heavy atom. The minimum atomic E-state index is 0. The second-order valence-electron chi connectivity index (χ2n) is 1.46. The molecule has 3 nitrogen and oxygen atoms in total. The first kappa shape index (κ1) is 22.7. The van der Waals surface area contributed by atoms with E-state index >= 15 is 0 Å². The van der Waals surface area contributed by atoms with E-state index in [1.165, 1.54) is 5.57 Å². The Morgan fingerprint density at radius 2 is 1.46 bits per heavy atom. The van der Waals surface area contributed by atoms with Gasteiger partial charge in [0.05, 0.1) is 0 Å². The van der Waals surface area contributed by atoms with Crippen molar-refractivity contribution in [1.29, 1.82) is 0 Å². The molecule has 0 aromatic carbocycles. The van der Waals surface area contributed by atoms with E-state index in [0.717, 1.165) is 6.42 Å². The topological polar surface area (TPSA) is 51.2 Å². The van der Waals surface area contributed by atoms with Crippen LogP contribution in [0.4, 0.5) is 0 Å². The molecule has 1 rings (SSSR count). The Morgan fingerprint density at radius 3 is 1.54 bits per heavy atom. The van der Waals surface area contributed by atoms with Crippen molar-refractivity contribution < 1.29 is 31.7 Å². The Kier molecular flexibility index (Phi) is 53.5. The van der Waals surface area contributed by atoms with Crippen LogP contribution in [0.1, 0.15) is 6.42 Å². The molecule has 74 valence electrons. The summed E-state index contributed by atoms with van der Waals surface area (Å²) in [5.74, 6) is 0. The van der Waals surface area contributed by atoms with Crippen LogP contribution in [0.5, 0.6) is 0 Å². The summed E-state index contributed by atoms with van der Waals surface area (Å²) in [6.45, 7) is 9.74. The third-order valence-electron chi connectivity index (χ3n) is 0.848. The zero-order valence-electron chi connectivity index (χ0n) is 7.40. The number of carbonyl (C=O) groups excluding carboxylic acids is 3. The van der Waals surface area contributed by atoms with Gasteiger partial charge in [-0.15, -0.1) is 12.2 Å². The maximum Gasteiger partial charge on any atom is 0.106 e. The largest absolute Gasteiger partial charge is 0.307 e.